The molecule has 2 aliphatic carbocycles. The van der Waals surface area contributed by atoms with E-state index in [1.165, 1.54) is 0 Å². The lowest BCUT2D eigenvalue weighted by atomic mass is 9.98. The van der Waals surface area contributed by atoms with Gasteiger partial charge in [0.1, 0.15) is 23.4 Å². The summed E-state index contributed by atoms with van der Waals surface area (Å²) in [7, 11) is -0.981. The fraction of sp³-hybridized carbons (Fsp3) is 0.500. The molecule has 0 bridgehead atoms. The molecule has 0 saturated carbocycles. The maximum Gasteiger partial charge on any atom is 0.353 e. The van der Waals surface area contributed by atoms with Gasteiger partial charge in [0.15, 0.2) is 0 Å². The summed E-state index contributed by atoms with van der Waals surface area (Å²) in [5, 5.41) is 13.2. The number of halogens is 1. The minimum atomic E-state index is -2.54. The van der Waals surface area contributed by atoms with Gasteiger partial charge in [-0.3, -0.25) is 0 Å². The highest BCUT2D eigenvalue weighted by molar-refractivity contribution is 7.80. The number of fused-ring (bicyclic) bond motifs is 2. The molecule has 0 radical (unpaired) electrons. The number of carbonyl (C=O) groups is 1. The van der Waals surface area contributed by atoms with E-state index in [9.17, 15) is 13.4 Å². The summed E-state index contributed by atoms with van der Waals surface area (Å²) in [6.07, 6.45) is 5.15. The molecule has 1 aromatic rings. The summed E-state index contributed by atoms with van der Waals surface area (Å²) in [6, 6.07) is -0.767. The third kappa shape index (κ3) is 3.81. The fourth-order valence-electron chi connectivity index (χ4n) is 4.32. The monoisotopic (exact) mass is 436 g/mol. The number of hydrogen-bond acceptors (Lipinski definition) is 6. The molecule has 8 nitrogen and oxygen atoms in total. The van der Waals surface area contributed by atoms with Crippen molar-refractivity contribution in [3.63, 3.8) is 0 Å². The number of nitrogens with zero attached hydrogens (tertiary/aromatic N) is 1. The first-order chi connectivity index (χ1) is 14.5. The Hall–Kier alpha value is -2.46. The van der Waals surface area contributed by atoms with Gasteiger partial charge in [0.2, 0.25) is 5.88 Å². The lowest BCUT2D eigenvalue weighted by Gasteiger charge is -2.25. The van der Waals surface area contributed by atoms with E-state index < -0.39 is 16.6 Å². The number of benzene rings is 1. The highest BCUT2D eigenvalue weighted by Gasteiger charge is 2.29. The zero-order valence-corrected chi connectivity index (χ0v) is 17.6. The average Bonchev–Trinajstić information content (AvgIpc) is 3.42. The third-order valence-corrected chi connectivity index (χ3v) is 6.90. The molecular weight excluding hydrogens is 411 g/mol. The number of nitrogens with one attached hydrogen (secondary N) is 3. The van der Waals surface area contributed by atoms with Crippen molar-refractivity contribution in [2.45, 2.75) is 44.6 Å². The van der Waals surface area contributed by atoms with Gasteiger partial charge >= 0.3 is 6.03 Å². The predicted molar refractivity (Wildman–Crippen MR) is 112 cm³/mol. The zero-order valence-electron chi connectivity index (χ0n) is 16.7. The molecule has 10 heteroatoms. The Labute approximate surface area is 175 Å². The molecular formula is C20H25FN4O4S. The summed E-state index contributed by atoms with van der Waals surface area (Å²) in [5.74, 6) is 0.0428. The SMILES string of the molecule is CO[C@H]1CN/C(=C(\C=N)[SH](=O)=NC(=O)Nc2c3c(c(F)c4c2CCC4)CCC3)OC1. The molecule has 4 rings (SSSR count). The number of rotatable bonds is 4. The van der Waals surface area contributed by atoms with Crippen LogP contribution < -0.4 is 10.6 Å². The van der Waals surface area contributed by atoms with E-state index in [1.807, 2.05) is 0 Å². The molecule has 3 N–H and O–H groups in total. The van der Waals surface area contributed by atoms with Crippen LogP contribution in [0.2, 0.25) is 0 Å². The second-order valence-electron chi connectivity index (χ2n) is 7.52. The first-order valence-corrected chi connectivity index (χ1v) is 11.2. The van der Waals surface area contributed by atoms with Gasteiger partial charge in [0.05, 0.1) is 10.6 Å². The molecule has 2 amide bonds. The standard InChI is InChI=1S/C20H25FN4O4S/c1-28-11-9-23-19(29-10-11)16(8-22)30(27)25-20(26)24-18-14-6-2-4-12(14)17(21)13-5-3-7-15(13)18/h8,11,22-23,30H,2-7,9-10H2,1H3,(H,24,26)/b19-16-,22-8?/t11-/m0/s1. The molecule has 1 fully saturated rings. The summed E-state index contributed by atoms with van der Waals surface area (Å²) in [4.78, 5) is 12.6. The molecule has 2 atom stereocenters. The minimum Gasteiger partial charge on any atom is -0.475 e. The van der Waals surface area contributed by atoms with Crippen LogP contribution in [0.5, 0.6) is 0 Å². The lowest BCUT2D eigenvalue weighted by Crippen LogP contribution is -2.39. The number of methoxy groups -OCH3 is 1. The van der Waals surface area contributed by atoms with E-state index >= 15 is 0 Å². The van der Waals surface area contributed by atoms with Gasteiger partial charge in [0.25, 0.3) is 0 Å². The normalized spacial score (nSPS) is 22.5. The second-order valence-corrected chi connectivity index (χ2v) is 8.75. The molecule has 30 heavy (non-hydrogen) atoms. The smallest absolute Gasteiger partial charge is 0.353 e. The third-order valence-electron chi connectivity index (χ3n) is 5.80. The number of anilines is 1. The number of amides is 2. The van der Waals surface area contributed by atoms with Crippen LogP contribution in [0.3, 0.4) is 0 Å². The van der Waals surface area contributed by atoms with E-state index in [0.29, 0.717) is 49.0 Å². The molecule has 0 aromatic heterocycles. The maximum absolute atomic E-state index is 14.8. The average molecular weight is 437 g/mol. The van der Waals surface area contributed by atoms with Crippen LogP contribution in [0.15, 0.2) is 15.2 Å². The Morgan fingerprint density at radius 1 is 1.27 bits per heavy atom. The lowest BCUT2D eigenvalue weighted by molar-refractivity contribution is 0.00304. The topological polar surface area (TPSA) is 113 Å². The van der Waals surface area contributed by atoms with E-state index in [2.05, 4.69) is 15.0 Å². The number of allylic oxidation sites excluding steroid dienone is 1. The van der Waals surface area contributed by atoms with Gasteiger partial charge < -0.3 is 25.5 Å². The molecule has 0 spiro atoms. The second kappa shape index (κ2) is 8.73. The van der Waals surface area contributed by atoms with Crippen LogP contribution in [0, 0.1) is 11.2 Å². The minimum absolute atomic E-state index is 0.00395. The van der Waals surface area contributed by atoms with Gasteiger partial charge in [-0.05, 0) is 60.8 Å². The number of hydrogen-bond donors (Lipinski definition) is 4. The first kappa shape index (κ1) is 20.8. The fourth-order valence-corrected chi connectivity index (χ4v) is 5.07. The Kier molecular flexibility index (Phi) is 6.05. The number of urea groups is 1. The Bertz CT molecular complexity index is 972. The molecule has 1 aromatic carbocycles. The van der Waals surface area contributed by atoms with E-state index in [-0.39, 0.29) is 29.3 Å². The number of ether oxygens (including phenoxy) is 2. The highest BCUT2D eigenvalue weighted by Crippen LogP contribution is 2.41. The van der Waals surface area contributed by atoms with Crippen LogP contribution in [0.4, 0.5) is 14.9 Å². The van der Waals surface area contributed by atoms with Crippen LogP contribution in [0.25, 0.3) is 0 Å². The van der Waals surface area contributed by atoms with Crippen molar-refractivity contribution >= 4 is 28.5 Å². The molecule has 1 heterocycles. The predicted octanol–water partition coefficient (Wildman–Crippen LogP) is 2.45. The van der Waals surface area contributed by atoms with Crippen molar-refractivity contribution in [3.05, 3.63) is 38.9 Å². The van der Waals surface area contributed by atoms with Gasteiger partial charge in [-0.1, -0.05) is 0 Å². The quantitative estimate of drug-likeness (QED) is 0.428. The summed E-state index contributed by atoms with van der Waals surface area (Å²) < 4.78 is 41.8. The van der Waals surface area contributed by atoms with Crippen LogP contribution in [-0.2, 0) is 45.8 Å². The highest BCUT2D eigenvalue weighted by atomic mass is 32.2. The number of thiol groups is 1. The zero-order chi connectivity index (χ0) is 21.3. The summed E-state index contributed by atoms with van der Waals surface area (Å²) >= 11 is 0. The van der Waals surface area contributed by atoms with E-state index in [0.717, 1.165) is 30.2 Å². The van der Waals surface area contributed by atoms with Crippen LogP contribution in [-0.4, -0.2) is 42.8 Å². The Balaban J connectivity index is 1.59. The largest absolute Gasteiger partial charge is 0.475 e. The van der Waals surface area contributed by atoms with Gasteiger partial charge in [-0.25, -0.2) is 13.4 Å². The first-order valence-electron chi connectivity index (χ1n) is 10.0. The van der Waals surface area contributed by atoms with Crippen molar-refractivity contribution in [1.82, 2.24) is 5.32 Å². The molecule has 1 aliphatic heterocycles. The van der Waals surface area contributed by atoms with Crippen molar-refractivity contribution in [2.24, 2.45) is 4.36 Å². The summed E-state index contributed by atoms with van der Waals surface area (Å²) in [6.45, 7) is 0.686. The van der Waals surface area contributed by atoms with E-state index in [1.54, 1.807) is 7.11 Å². The number of carbonyl (C=O) groups excluding carboxylic acids is 1. The van der Waals surface area contributed by atoms with Crippen molar-refractivity contribution in [1.29, 1.82) is 5.41 Å². The Morgan fingerprint density at radius 2 is 1.90 bits per heavy atom. The van der Waals surface area contributed by atoms with Crippen molar-refractivity contribution < 1.29 is 22.9 Å². The Morgan fingerprint density at radius 3 is 2.43 bits per heavy atom. The molecule has 1 unspecified atom stereocenters. The van der Waals surface area contributed by atoms with Crippen LogP contribution in [0.1, 0.15) is 35.1 Å². The van der Waals surface area contributed by atoms with Crippen molar-refractivity contribution in [3.8, 4) is 0 Å². The maximum atomic E-state index is 14.8. The van der Waals surface area contributed by atoms with Gasteiger partial charge in [0, 0.05) is 25.6 Å². The van der Waals surface area contributed by atoms with Gasteiger partial charge in [-0.2, -0.15) is 0 Å². The molecule has 1 saturated heterocycles. The molecule has 3 aliphatic rings. The van der Waals surface area contributed by atoms with Crippen molar-refractivity contribution in [2.75, 3.05) is 25.6 Å². The van der Waals surface area contributed by atoms with Gasteiger partial charge in [-0.15, -0.1) is 4.36 Å². The molecule has 162 valence electrons. The van der Waals surface area contributed by atoms with Crippen LogP contribution >= 0.6 is 0 Å². The summed E-state index contributed by atoms with van der Waals surface area (Å²) in [5.41, 5.74) is 3.67. The van der Waals surface area contributed by atoms with E-state index in [4.69, 9.17) is 14.9 Å².